The lowest BCUT2D eigenvalue weighted by Crippen LogP contribution is -2.45. The first-order valence-corrected chi connectivity index (χ1v) is 10.8. The minimum atomic E-state index is -0.246. The number of H-pyrrole nitrogens is 1. The molecule has 7 heteroatoms. The Morgan fingerprint density at radius 1 is 1.17 bits per heavy atom. The fraction of sp³-hybridized carbons (Fsp3) is 0.682. The molecule has 160 valence electrons. The molecule has 0 radical (unpaired) electrons. The van der Waals surface area contributed by atoms with Crippen LogP contribution in [0.3, 0.4) is 0 Å². The van der Waals surface area contributed by atoms with Crippen LogP contribution in [-0.4, -0.2) is 77.8 Å². The number of pyridine rings is 1. The van der Waals surface area contributed by atoms with E-state index in [2.05, 4.69) is 16.9 Å². The van der Waals surface area contributed by atoms with Gasteiger partial charge in [0.05, 0.1) is 0 Å². The van der Waals surface area contributed by atoms with E-state index in [1.165, 1.54) is 6.07 Å². The maximum Gasteiger partial charge on any atom is 0.254 e. The Balaban J connectivity index is 1.51. The third kappa shape index (κ3) is 5.69. The molecule has 2 fully saturated rings. The van der Waals surface area contributed by atoms with Crippen molar-refractivity contribution in [1.29, 1.82) is 0 Å². The monoisotopic (exact) mass is 402 g/mol. The van der Waals surface area contributed by atoms with Gasteiger partial charge in [-0.2, -0.15) is 0 Å². The van der Waals surface area contributed by atoms with Gasteiger partial charge >= 0.3 is 0 Å². The molecular weight excluding hydrogens is 368 g/mol. The number of rotatable bonds is 5. The van der Waals surface area contributed by atoms with Crippen molar-refractivity contribution in [2.45, 2.75) is 51.5 Å². The second-order valence-electron chi connectivity index (χ2n) is 8.75. The summed E-state index contributed by atoms with van der Waals surface area (Å²) in [5.41, 5.74) is 0.895. The smallest absolute Gasteiger partial charge is 0.254 e. The fourth-order valence-electron chi connectivity index (χ4n) is 4.56. The van der Waals surface area contributed by atoms with Crippen LogP contribution < -0.4 is 5.56 Å². The maximum atomic E-state index is 12.8. The van der Waals surface area contributed by atoms with E-state index in [9.17, 15) is 14.4 Å². The first-order valence-electron chi connectivity index (χ1n) is 10.8. The van der Waals surface area contributed by atoms with Gasteiger partial charge in [0.1, 0.15) is 0 Å². The van der Waals surface area contributed by atoms with Crippen molar-refractivity contribution in [1.82, 2.24) is 19.7 Å². The minimum Gasteiger partial charge on any atom is -0.343 e. The number of carbonyl (C=O) groups is 2. The summed E-state index contributed by atoms with van der Waals surface area (Å²) in [6, 6.07) is 3.45. The van der Waals surface area contributed by atoms with Gasteiger partial charge in [0.15, 0.2) is 0 Å². The van der Waals surface area contributed by atoms with Crippen molar-refractivity contribution in [3.05, 3.63) is 33.7 Å². The maximum absolute atomic E-state index is 12.8. The molecule has 0 bridgehead atoms. The number of nitrogens with one attached hydrogen (secondary N) is 1. The standard InChI is InChI=1S/C22H34N4O3/c1-16-13-18(14-20(27)23-16)22(29)26-10-4-5-17(15-26)6-7-21(28)25(3)19-8-11-24(2)12-9-19/h13-14,17,19H,4-12,15H2,1-3H3,(H,23,27)/t17-/m0/s1. The van der Waals surface area contributed by atoms with Gasteiger partial charge in [-0.1, -0.05) is 0 Å². The first-order chi connectivity index (χ1) is 13.8. The molecule has 0 unspecified atom stereocenters. The molecule has 3 rings (SSSR count). The highest BCUT2D eigenvalue weighted by molar-refractivity contribution is 5.94. The van der Waals surface area contributed by atoms with Gasteiger partial charge in [0, 0.05) is 49.9 Å². The summed E-state index contributed by atoms with van der Waals surface area (Å²) in [6.45, 7) is 5.25. The Morgan fingerprint density at radius 3 is 2.59 bits per heavy atom. The third-order valence-electron chi connectivity index (χ3n) is 6.43. The van der Waals surface area contributed by atoms with E-state index >= 15 is 0 Å². The largest absolute Gasteiger partial charge is 0.343 e. The summed E-state index contributed by atoms with van der Waals surface area (Å²) in [4.78, 5) is 45.9. The summed E-state index contributed by atoms with van der Waals surface area (Å²) >= 11 is 0. The molecule has 2 aliphatic rings. The molecule has 2 amide bonds. The van der Waals surface area contributed by atoms with E-state index < -0.39 is 0 Å². The molecule has 3 heterocycles. The third-order valence-corrected chi connectivity index (χ3v) is 6.43. The molecule has 1 aromatic rings. The highest BCUT2D eigenvalue weighted by atomic mass is 16.2. The molecule has 1 N–H and O–H groups in total. The number of piperidine rings is 2. The molecule has 7 nitrogen and oxygen atoms in total. The lowest BCUT2D eigenvalue weighted by Gasteiger charge is -2.36. The lowest BCUT2D eigenvalue weighted by molar-refractivity contribution is -0.133. The molecule has 2 aliphatic heterocycles. The van der Waals surface area contributed by atoms with E-state index in [4.69, 9.17) is 0 Å². The number of nitrogens with zero attached hydrogens (tertiary/aromatic N) is 3. The predicted molar refractivity (Wildman–Crippen MR) is 113 cm³/mol. The van der Waals surface area contributed by atoms with Crippen LogP contribution >= 0.6 is 0 Å². The fourth-order valence-corrected chi connectivity index (χ4v) is 4.56. The van der Waals surface area contributed by atoms with E-state index in [1.807, 2.05) is 16.8 Å². The highest BCUT2D eigenvalue weighted by Crippen LogP contribution is 2.23. The number of carbonyl (C=O) groups excluding carboxylic acids is 2. The van der Waals surface area contributed by atoms with Crippen LogP contribution in [0.25, 0.3) is 0 Å². The van der Waals surface area contributed by atoms with Crippen LogP contribution in [0, 0.1) is 12.8 Å². The molecule has 0 spiro atoms. The number of hydrogen-bond donors (Lipinski definition) is 1. The van der Waals surface area contributed by atoms with Gasteiger partial charge in [-0.3, -0.25) is 14.4 Å². The Morgan fingerprint density at radius 2 is 1.90 bits per heavy atom. The second kappa shape index (κ2) is 9.57. The van der Waals surface area contributed by atoms with E-state index in [1.54, 1.807) is 13.0 Å². The zero-order valence-corrected chi connectivity index (χ0v) is 17.9. The Labute approximate surface area is 173 Å². The van der Waals surface area contributed by atoms with Gasteiger partial charge in [0.2, 0.25) is 11.5 Å². The molecule has 0 saturated carbocycles. The van der Waals surface area contributed by atoms with Crippen LogP contribution in [0.5, 0.6) is 0 Å². The van der Waals surface area contributed by atoms with E-state index in [-0.39, 0.29) is 17.4 Å². The lowest BCUT2D eigenvalue weighted by atomic mass is 9.92. The second-order valence-corrected chi connectivity index (χ2v) is 8.75. The molecule has 1 atom stereocenters. The summed E-state index contributed by atoms with van der Waals surface area (Å²) in [6.07, 6.45) is 5.43. The van der Waals surface area contributed by atoms with Crippen molar-refractivity contribution in [2.75, 3.05) is 40.3 Å². The quantitative estimate of drug-likeness (QED) is 0.816. The topological polar surface area (TPSA) is 76.7 Å². The number of aryl methyl sites for hydroxylation is 1. The SMILES string of the molecule is Cc1cc(C(=O)N2CCC[C@@H](CCC(=O)N(C)C3CCN(C)CC3)C2)cc(=O)[nH]1. The summed E-state index contributed by atoms with van der Waals surface area (Å²) < 4.78 is 0. The van der Waals surface area contributed by atoms with Crippen molar-refractivity contribution in [2.24, 2.45) is 5.92 Å². The van der Waals surface area contributed by atoms with Crippen LogP contribution in [0.1, 0.15) is 54.6 Å². The summed E-state index contributed by atoms with van der Waals surface area (Å²) in [5.74, 6) is 0.470. The first kappa shape index (κ1) is 21.6. The molecular formula is C22H34N4O3. The number of hydrogen-bond acceptors (Lipinski definition) is 4. The zero-order chi connectivity index (χ0) is 21.0. The van der Waals surface area contributed by atoms with Crippen molar-refractivity contribution < 1.29 is 9.59 Å². The Hall–Kier alpha value is -2.15. The molecule has 0 aliphatic carbocycles. The van der Waals surface area contributed by atoms with Crippen LogP contribution in [0.4, 0.5) is 0 Å². The van der Waals surface area contributed by atoms with Gasteiger partial charge in [0.25, 0.3) is 5.91 Å². The van der Waals surface area contributed by atoms with Gasteiger partial charge < -0.3 is 19.7 Å². The minimum absolute atomic E-state index is 0.0846. The van der Waals surface area contributed by atoms with E-state index in [0.717, 1.165) is 45.2 Å². The highest BCUT2D eigenvalue weighted by Gasteiger charge is 2.27. The molecule has 1 aromatic heterocycles. The van der Waals surface area contributed by atoms with Gasteiger partial charge in [-0.05, 0) is 71.1 Å². The number of aromatic nitrogens is 1. The normalized spacial score (nSPS) is 21.2. The van der Waals surface area contributed by atoms with Crippen molar-refractivity contribution in [3.63, 3.8) is 0 Å². The van der Waals surface area contributed by atoms with Crippen molar-refractivity contribution >= 4 is 11.8 Å². The summed E-state index contributed by atoms with van der Waals surface area (Å²) in [5, 5.41) is 0. The zero-order valence-electron chi connectivity index (χ0n) is 17.9. The van der Waals surface area contributed by atoms with Crippen LogP contribution in [-0.2, 0) is 4.79 Å². The number of amides is 2. The van der Waals surface area contributed by atoms with Gasteiger partial charge in [-0.25, -0.2) is 0 Å². The van der Waals surface area contributed by atoms with Crippen molar-refractivity contribution in [3.8, 4) is 0 Å². The number of likely N-dealkylation sites (tertiary alicyclic amines) is 2. The average molecular weight is 403 g/mol. The predicted octanol–water partition coefficient (Wildman–Crippen LogP) is 1.87. The van der Waals surface area contributed by atoms with Crippen LogP contribution in [0.15, 0.2) is 16.9 Å². The van der Waals surface area contributed by atoms with Crippen LogP contribution in [0.2, 0.25) is 0 Å². The number of aromatic amines is 1. The summed E-state index contributed by atoms with van der Waals surface area (Å²) in [7, 11) is 4.06. The Bertz CT molecular complexity index is 783. The Kier molecular flexibility index (Phi) is 7.11. The molecule has 0 aromatic carbocycles. The van der Waals surface area contributed by atoms with E-state index in [0.29, 0.717) is 42.7 Å². The average Bonchev–Trinajstić information content (AvgIpc) is 2.71. The van der Waals surface area contributed by atoms with Gasteiger partial charge in [-0.15, -0.1) is 0 Å². The molecule has 29 heavy (non-hydrogen) atoms. The molecule has 2 saturated heterocycles.